The molecule has 0 aromatic heterocycles. The van der Waals surface area contributed by atoms with Gasteiger partial charge in [0.15, 0.2) is 0 Å². The van der Waals surface area contributed by atoms with Crippen LogP contribution in [-0.4, -0.2) is 30.3 Å². The number of hydrogen-bond donors (Lipinski definition) is 0. The Bertz CT molecular complexity index is 165. The molecule has 1 saturated heterocycles. The molecule has 11 heavy (non-hydrogen) atoms. The first kappa shape index (κ1) is 8.47. The number of carbonyl (C=O) groups is 1. The first-order valence-electron chi connectivity index (χ1n) is 4.09. The highest BCUT2D eigenvalue weighted by molar-refractivity contribution is 5.84. The molecule has 1 atom stereocenters. The van der Waals surface area contributed by atoms with E-state index < -0.39 is 0 Å². The van der Waals surface area contributed by atoms with Crippen LogP contribution in [0.15, 0.2) is 12.7 Å². The molecule has 0 aromatic rings. The lowest BCUT2D eigenvalue weighted by molar-refractivity contribution is -0.126. The van der Waals surface area contributed by atoms with E-state index in [1.165, 1.54) is 0 Å². The summed E-state index contributed by atoms with van der Waals surface area (Å²) in [5, 5.41) is 0. The zero-order chi connectivity index (χ0) is 8.27. The number of likely N-dealkylation sites (tertiary alicyclic amines) is 1. The van der Waals surface area contributed by atoms with E-state index >= 15 is 0 Å². The van der Waals surface area contributed by atoms with Crippen LogP contribution in [-0.2, 0) is 4.79 Å². The van der Waals surface area contributed by atoms with Gasteiger partial charge in [-0.05, 0) is 26.4 Å². The molecule has 1 unspecified atom stereocenters. The third-order valence-electron chi connectivity index (χ3n) is 2.23. The molecule has 2 nitrogen and oxygen atoms in total. The van der Waals surface area contributed by atoms with Gasteiger partial charge in [0.2, 0.25) is 0 Å². The molecule has 1 aliphatic heterocycles. The maximum Gasteiger partial charge on any atom is 0.150 e. The molecular formula is C9H15NO. The number of piperidine rings is 1. The van der Waals surface area contributed by atoms with E-state index in [1.54, 1.807) is 0 Å². The van der Waals surface area contributed by atoms with Gasteiger partial charge >= 0.3 is 0 Å². The number of carbonyl (C=O) groups excluding carboxylic acids is 1. The smallest absolute Gasteiger partial charge is 0.150 e. The van der Waals surface area contributed by atoms with Crippen LogP contribution in [0.25, 0.3) is 0 Å². The Hall–Kier alpha value is -0.630. The lowest BCUT2D eigenvalue weighted by Gasteiger charge is -2.30. The van der Waals surface area contributed by atoms with E-state index in [4.69, 9.17) is 0 Å². The molecule has 1 rings (SSSR count). The van der Waals surface area contributed by atoms with Crippen molar-refractivity contribution in [3.8, 4) is 0 Å². The van der Waals surface area contributed by atoms with Crippen molar-refractivity contribution in [2.75, 3.05) is 13.6 Å². The second kappa shape index (κ2) is 3.67. The van der Waals surface area contributed by atoms with Crippen molar-refractivity contribution in [2.45, 2.75) is 25.3 Å². The third-order valence-corrected chi connectivity index (χ3v) is 2.23. The first-order chi connectivity index (χ1) is 5.25. The standard InChI is InChI=1S/C9H15NO/c1-3-5-8-9(11)6-4-7-10(8)2/h3,8H,1,4-7H2,2H3. The SMILES string of the molecule is C=CCC1C(=O)CCCN1C. The van der Waals surface area contributed by atoms with Gasteiger partial charge in [-0.2, -0.15) is 0 Å². The van der Waals surface area contributed by atoms with Gasteiger partial charge in [0.25, 0.3) is 0 Å². The minimum Gasteiger partial charge on any atom is -0.298 e. The zero-order valence-corrected chi connectivity index (χ0v) is 7.05. The Morgan fingerprint density at radius 1 is 1.82 bits per heavy atom. The average Bonchev–Trinajstić information content (AvgIpc) is 1.97. The molecular weight excluding hydrogens is 138 g/mol. The Kier molecular flexibility index (Phi) is 2.83. The van der Waals surface area contributed by atoms with Crippen LogP contribution in [0.5, 0.6) is 0 Å². The summed E-state index contributed by atoms with van der Waals surface area (Å²) in [6.07, 6.45) is 4.39. The minimum absolute atomic E-state index is 0.112. The van der Waals surface area contributed by atoms with Gasteiger partial charge in [0.05, 0.1) is 6.04 Å². The number of ketones is 1. The molecule has 1 fully saturated rings. The third kappa shape index (κ3) is 1.90. The quantitative estimate of drug-likeness (QED) is 0.556. The van der Waals surface area contributed by atoms with Crippen molar-refractivity contribution >= 4 is 5.78 Å². The van der Waals surface area contributed by atoms with Crippen molar-refractivity contribution in [3.05, 3.63) is 12.7 Å². The van der Waals surface area contributed by atoms with Crippen LogP contribution in [0.3, 0.4) is 0 Å². The molecule has 0 amide bonds. The highest BCUT2D eigenvalue weighted by atomic mass is 16.1. The Balaban J connectivity index is 2.54. The summed E-state index contributed by atoms with van der Waals surface area (Å²) in [6.45, 7) is 4.69. The molecule has 0 radical (unpaired) electrons. The minimum atomic E-state index is 0.112. The van der Waals surface area contributed by atoms with Crippen molar-refractivity contribution in [1.29, 1.82) is 0 Å². The van der Waals surface area contributed by atoms with Crippen LogP contribution >= 0.6 is 0 Å². The Labute approximate surface area is 67.9 Å². The summed E-state index contributed by atoms with van der Waals surface area (Å²) in [5.41, 5.74) is 0. The highest BCUT2D eigenvalue weighted by Gasteiger charge is 2.24. The lowest BCUT2D eigenvalue weighted by atomic mass is 9.99. The summed E-state index contributed by atoms with van der Waals surface area (Å²) >= 11 is 0. The highest BCUT2D eigenvalue weighted by Crippen LogP contribution is 2.14. The van der Waals surface area contributed by atoms with Gasteiger partial charge in [-0.3, -0.25) is 9.69 Å². The fourth-order valence-electron chi connectivity index (χ4n) is 1.54. The molecule has 0 bridgehead atoms. The van der Waals surface area contributed by atoms with Crippen LogP contribution in [0.1, 0.15) is 19.3 Å². The number of rotatable bonds is 2. The van der Waals surface area contributed by atoms with Gasteiger partial charge in [0, 0.05) is 6.42 Å². The normalized spacial score (nSPS) is 27.0. The molecule has 1 heterocycles. The van der Waals surface area contributed by atoms with Crippen molar-refractivity contribution in [3.63, 3.8) is 0 Å². The summed E-state index contributed by atoms with van der Waals surface area (Å²) in [7, 11) is 2.01. The second-order valence-corrected chi connectivity index (χ2v) is 3.09. The summed E-state index contributed by atoms with van der Waals surface area (Å²) in [4.78, 5) is 13.4. The molecule has 0 N–H and O–H groups in total. The number of likely N-dealkylation sites (N-methyl/N-ethyl adjacent to an activating group) is 1. The van der Waals surface area contributed by atoms with E-state index in [0.29, 0.717) is 5.78 Å². The van der Waals surface area contributed by atoms with Gasteiger partial charge in [-0.1, -0.05) is 6.08 Å². The van der Waals surface area contributed by atoms with Crippen LogP contribution in [0, 0.1) is 0 Å². The van der Waals surface area contributed by atoms with Gasteiger partial charge in [-0.15, -0.1) is 6.58 Å². The van der Waals surface area contributed by atoms with Crippen LogP contribution in [0.2, 0.25) is 0 Å². The number of nitrogens with zero attached hydrogens (tertiary/aromatic N) is 1. The molecule has 62 valence electrons. The predicted octanol–water partition coefficient (Wildman–Crippen LogP) is 1.23. The van der Waals surface area contributed by atoms with E-state index in [1.807, 2.05) is 13.1 Å². The van der Waals surface area contributed by atoms with Gasteiger partial charge < -0.3 is 0 Å². The molecule has 1 aliphatic rings. The Morgan fingerprint density at radius 3 is 3.09 bits per heavy atom. The summed E-state index contributed by atoms with van der Waals surface area (Å²) in [5.74, 6) is 0.374. The fraction of sp³-hybridized carbons (Fsp3) is 0.667. The topological polar surface area (TPSA) is 20.3 Å². The maximum atomic E-state index is 11.3. The molecule has 0 aromatic carbocycles. The molecule has 0 spiro atoms. The molecule has 0 saturated carbocycles. The van der Waals surface area contributed by atoms with Gasteiger partial charge in [-0.25, -0.2) is 0 Å². The lowest BCUT2D eigenvalue weighted by Crippen LogP contribution is -2.42. The van der Waals surface area contributed by atoms with Crippen molar-refractivity contribution in [2.24, 2.45) is 0 Å². The second-order valence-electron chi connectivity index (χ2n) is 3.09. The summed E-state index contributed by atoms with van der Waals surface area (Å²) < 4.78 is 0. The monoisotopic (exact) mass is 153 g/mol. The van der Waals surface area contributed by atoms with E-state index in [-0.39, 0.29) is 6.04 Å². The van der Waals surface area contributed by atoms with Crippen LogP contribution < -0.4 is 0 Å². The Morgan fingerprint density at radius 2 is 2.55 bits per heavy atom. The first-order valence-corrected chi connectivity index (χ1v) is 4.09. The van der Waals surface area contributed by atoms with E-state index in [2.05, 4.69) is 11.5 Å². The average molecular weight is 153 g/mol. The predicted molar refractivity (Wildman–Crippen MR) is 45.5 cm³/mol. The number of Topliss-reactive ketones (excluding diaryl/α,β-unsaturated/α-hetero) is 1. The molecule has 0 aliphatic carbocycles. The fourth-order valence-corrected chi connectivity index (χ4v) is 1.54. The van der Waals surface area contributed by atoms with Crippen LogP contribution in [0.4, 0.5) is 0 Å². The van der Waals surface area contributed by atoms with Gasteiger partial charge in [0.1, 0.15) is 5.78 Å². The zero-order valence-electron chi connectivity index (χ0n) is 7.05. The van der Waals surface area contributed by atoms with Crippen molar-refractivity contribution in [1.82, 2.24) is 4.90 Å². The van der Waals surface area contributed by atoms with Crippen molar-refractivity contribution < 1.29 is 4.79 Å². The summed E-state index contributed by atoms with van der Waals surface area (Å²) in [6, 6.07) is 0.112. The van der Waals surface area contributed by atoms with E-state index in [9.17, 15) is 4.79 Å². The van der Waals surface area contributed by atoms with E-state index in [0.717, 1.165) is 25.8 Å². The maximum absolute atomic E-state index is 11.3. The number of hydrogen-bond acceptors (Lipinski definition) is 2. The molecule has 2 heteroatoms. The largest absolute Gasteiger partial charge is 0.298 e.